The Kier molecular flexibility index (Phi) is 7.06. The summed E-state index contributed by atoms with van der Waals surface area (Å²) in [5, 5.41) is 7.36. The van der Waals surface area contributed by atoms with Crippen molar-refractivity contribution >= 4 is 22.9 Å². The molecule has 0 aromatic rings. The third-order valence-electron chi connectivity index (χ3n) is 0.428. The van der Waals surface area contributed by atoms with E-state index in [-0.39, 0.29) is 0 Å². The average Bonchev–Trinajstić information content (AvgIpc) is 1.81. The van der Waals surface area contributed by atoms with Crippen molar-refractivity contribution in [3.8, 4) is 0 Å². The van der Waals surface area contributed by atoms with Crippen LogP contribution in [0.25, 0.3) is 0 Å². The Balaban J connectivity index is 3.07. The Morgan fingerprint density at radius 2 is 2.50 bits per heavy atom. The predicted molar refractivity (Wildman–Crippen MR) is 41.7 cm³/mol. The van der Waals surface area contributed by atoms with Crippen molar-refractivity contribution in [2.75, 3.05) is 6.67 Å². The molecule has 0 radical (unpaired) electrons. The highest BCUT2D eigenvalue weighted by Crippen LogP contribution is 1.77. The van der Waals surface area contributed by atoms with Gasteiger partial charge in [0.05, 0.1) is 0 Å². The summed E-state index contributed by atoms with van der Waals surface area (Å²) in [6, 6.07) is 0. The highest BCUT2D eigenvalue weighted by atomic mass is 127. The third kappa shape index (κ3) is 6.03. The Labute approximate surface area is 62.8 Å². The first-order valence-corrected chi connectivity index (χ1v) is 3.31. The van der Waals surface area contributed by atoms with Crippen molar-refractivity contribution < 1.29 is 0 Å². The molecule has 0 aliphatic rings. The molecule has 8 heavy (non-hydrogen) atoms. The maximum absolute atomic E-state index is 3.70. The van der Waals surface area contributed by atoms with Gasteiger partial charge in [0.15, 0.2) is 0 Å². The fourth-order valence-electron chi connectivity index (χ4n) is 0.181. The average molecular weight is 225 g/mol. The molecular formula is C4H8IN3. The van der Waals surface area contributed by atoms with E-state index in [9.17, 15) is 0 Å². The molecule has 0 saturated carbocycles. The topological polar surface area (TPSA) is 36.8 Å². The molecule has 4 heteroatoms. The molecular weight excluding hydrogens is 217 g/mol. The standard InChI is InChI=1S/C4H8IN3/c1-2-3-7-8-4-6-5/h2-3,6H,4H2,1H3/b3-2-,8-7-. The van der Waals surface area contributed by atoms with Gasteiger partial charge in [-0.3, -0.25) is 0 Å². The monoisotopic (exact) mass is 225 g/mol. The summed E-state index contributed by atoms with van der Waals surface area (Å²) in [5.41, 5.74) is 0. The Hall–Kier alpha value is 0.0300. The fraction of sp³-hybridized carbons (Fsp3) is 0.500. The van der Waals surface area contributed by atoms with E-state index in [0.29, 0.717) is 6.67 Å². The van der Waals surface area contributed by atoms with Gasteiger partial charge in [0, 0.05) is 29.1 Å². The molecule has 0 aromatic heterocycles. The second-order valence-electron chi connectivity index (χ2n) is 1.03. The first-order valence-electron chi connectivity index (χ1n) is 2.23. The molecule has 0 aromatic carbocycles. The quantitative estimate of drug-likeness (QED) is 0.444. The van der Waals surface area contributed by atoms with Gasteiger partial charge in [0.2, 0.25) is 0 Å². The second kappa shape index (κ2) is 7.03. The summed E-state index contributed by atoms with van der Waals surface area (Å²) < 4.78 is 2.80. The van der Waals surface area contributed by atoms with Gasteiger partial charge in [0.1, 0.15) is 6.67 Å². The van der Waals surface area contributed by atoms with E-state index in [0.717, 1.165) is 0 Å². The second-order valence-corrected chi connectivity index (χ2v) is 1.79. The molecule has 46 valence electrons. The van der Waals surface area contributed by atoms with Gasteiger partial charge in [-0.15, -0.1) is 0 Å². The Morgan fingerprint density at radius 1 is 1.75 bits per heavy atom. The number of hydrogen-bond acceptors (Lipinski definition) is 3. The number of rotatable bonds is 3. The van der Waals surface area contributed by atoms with Crippen LogP contribution in [-0.2, 0) is 0 Å². The number of nitrogens with zero attached hydrogens (tertiary/aromatic N) is 2. The normalized spacial score (nSPS) is 11.8. The maximum atomic E-state index is 3.70. The Morgan fingerprint density at radius 3 is 3.00 bits per heavy atom. The third-order valence-corrected chi connectivity index (χ3v) is 0.769. The van der Waals surface area contributed by atoms with Crippen LogP contribution >= 0.6 is 22.9 Å². The summed E-state index contributed by atoms with van der Waals surface area (Å²) in [6.45, 7) is 2.47. The lowest BCUT2D eigenvalue weighted by atomic mass is 10.7. The molecule has 0 spiro atoms. The molecule has 0 aliphatic heterocycles. The molecule has 0 rings (SSSR count). The van der Waals surface area contributed by atoms with Crippen LogP contribution in [0.15, 0.2) is 22.5 Å². The van der Waals surface area contributed by atoms with Crippen LogP contribution in [0.5, 0.6) is 0 Å². The molecule has 3 nitrogen and oxygen atoms in total. The van der Waals surface area contributed by atoms with Crippen LogP contribution < -0.4 is 3.53 Å². The van der Waals surface area contributed by atoms with Crippen LogP contribution in [0, 0.1) is 0 Å². The fourth-order valence-corrected chi connectivity index (χ4v) is 0.334. The van der Waals surface area contributed by atoms with Gasteiger partial charge in [-0.25, -0.2) is 3.53 Å². The molecule has 0 atom stereocenters. The maximum Gasteiger partial charge on any atom is 0.118 e. The molecule has 0 aliphatic carbocycles. The molecule has 0 unspecified atom stereocenters. The summed E-state index contributed by atoms with van der Waals surface area (Å²) in [5.74, 6) is 0. The summed E-state index contributed by atoms with van der Waals surface area (Å²) in [4.78, 5) is 0. The van der Waals surface area contributed by atoms with E-state index in [1.807, 2.05) is 35.9 Å². The van der Waals surface area contributed by atoms with E-state index in [1.54, 1.807) is 6.20 Å². The Bertz CT molecular complexity index is 89.3. The smallest absolute Gasteiger partial charge is 0.118 e. The van der Waals surface area contributed by atoms with Crippen molar-refractivity contribution in [3.05, 3.63) is 12.3 Å². The van der Waals surface area contributed by atoms with Crippen molar-refractivity contribution in [2.45, 2.75) is 6.92 Å². The summed E-state index contributed by atoms with van der Waals surface area (Å²) >= 11 is 2.01. The van der Waals surface area contributed by atoms with E-state index in [4.69, 9.17) is 0 Å². The minimum atomic E-state index is 0.574. The molecule has 1 N–H and O–H groups in total. The minimum Gasteiger partial charge on any atom is -0.239 e. The molecule has 0 fully saturated rings. The van der Waals surface area contributed by atoms with Gasteiger partial charge in [0.25, 0.3) is 0 Å². The first kappa shape index (κ1) is 8.03. The van der Waals surface area contributed by atoms with E-state index in [2.05, 4.69) is 13.8 Å². The number of halogens is 1. The van der Waals surface area contributed by atoms with E-state index < -0.39 is 0 Å². The lowest BCUT2D eigenvalue weighted by Gasteiger charge is -1.80. The van der Waals surface area contributed by atoms with Gasteiger partial charge in [-0.2, -0.15) is 10.2 Å². The van der Waals surface area contributed by atoms with Crippen molar-refractivity contribution in [2.24, 2.45) is 10.2 Å². The molecule has 0 heterocycles. The van der Waals surface area contributed by atoms with Gasteiger partial charge < -0.3 is 0 Å². The number of nitrogens with one attached hydrogen (secondary N) is 1. The lowest BCUT2D eigenvalue weighted by molar-refractivity contribution is 0.929. The van der Waals surface area contributed by atoms with Gasteiger partial charge in [-0.05, 0) is 6.92 Å². The van der Waals surface area contributed by atoms with Crippen molar-refractivity contribution in [1.29, 1.82) is 0 Å². The molecule has 0 amide bonds. The highest BCUT2D eigenvalue weighted by Gasteiger charge is 1.66. The highest BCUT2D eigenvalue weighted by molar-refractivity contribution is 14.1. The van der Waals surface area contributed by atoms with E-state index >= 15 is 0 Å². The zero-order valence-corrected chi connectivity index (χ0v) is 6.79. The SMILES string of the molecule is C/C=C\N=N/CNI. The number of hydrogen-bond donors (Lipinski definition) is 1. The van der Waals surface area contributed by atoms with Crippen molar-refractivity contribution in [1.82, 2.24) is 3.53 Å². The number of azo groups is 1. The largest absolute Gasteiger partial charge is 0.239 e. The van der Waals surface area contributed by atoms with Crippen LogP contribution in [0.1, 0.15) is 6.92 Å². The zero-order valence-electron chi connectivity index (χ0n) is 4.63. The van der Waals surface area contributed by atoms with Gasteiger partial charge >= 0.3 is 0 Å². The lowest BCUT2D eigenvalue weighted by Crippen LogP contribution is -1.93. The molecule has 0 saturated heterocycles. The van der Waals surface area contributed by atoms with Crippen LogP contribution in [0.4, 0.5) is 0 Å². The van der Waals surface area contributed by atoms with Crippen LogP contribution in [0.3, 0.4) is 0 Å². The van der Waals surface area contributed by atoms with E-state index in [1.165, 1.54) is 0 Å². The summed E-state index contributed by atoms with van der Waals surface area (Å²) in [6.07, 6.45) is 3.48. The van der Waals surface area contributed by atoms with Crippen LogP contribution in [0.2, 0.25) is 0 Å². The summed E-state index contributed by atoms with van der Waals surface area (Å²) in [7, 11) is 0. The van der Waals surface area contributed by atoms with Crippen molar-refractivity contribution in [3.63, 3.8) is 0 Å². The number of allylic oxidation sites excluding steroid dienone is 1. The van der Waals surface area contributed by atoms with Gasteiger partial charge in [-0.1, -0.05) is 6.08 Å². The van der Waals surface area contributed by atoms with Crippen LogP contribution in [-0.4, -0.2) is 6.67 Å². The minimum absolute atomic E-state index is 0.574. The predicted octanol–water partition coefficient (Wildman–Crippen LogP) is 1.87. The molecule has 0 bridgehead atoms. The first-order chi connectivity index (χ1) is 3.91. The zero-order chi connectivity index (χ0) is 6.24.